The first-order valence-corrected chi connectivity index (χ1v) is 6.55. The summed E-state index contributed by atoms with van der Waals surface area (Å²) < 4.78 is 5.37. The van der Waals surface area contributed by atoms with Crippen molar-refractivity contribution in [2.45, 2.75) is 26.0 Å². The van der Waals surface area contributed by atoms with Crippen LogP contribution in [0.15, 0.2) is 36.4 Å². The maximum absolute atomic E-state index is 10.2. The van der Waals surface area contributed by atoms with Crippen LogP contribution in [-0.4, -0.2) is 18.3 Å². The van der Waals surface area contributed by atoms with Gasteiger partial charge in [0, 0.05) is 5.39 Å². The summed E-state index contributed by atoms with van der Waals surface area (Å²) in [6.45, 7) is 3.94. The van der Waals surface area contributed by atoms with E-state index in [0.29, 0.717) is 0 Å². The minimum absolute atomic E-state index is 0. The summed E-state index contributed by atoms with van der Waals surface area (Å²) in [6, 6.07) is 11.4. The zero-order valence-corrected chi connectivity index (χ0v) is 12.9. The van der Waals surface area contributed by atoms with Gasteiger partial charge in [-0.05, 0) is 22.9 Å². The lowest BCUT2D eigenvalue weighted by molar-refractivity contribution is 0.0984. The lowest BCUT2D eigenvalue weighted by Gasteiger charge is -2.24. The molecule has 0 saturated carbocycles. The number of aliphatic hydroxyl groups is 1. The number of fused-ring (bicyclic) bond motifs is 1. The number of ether oxygens (including phenoxy) is 1. The Labute approximate surface area is 126 Å². The highest BCUT2D eigenvalue weighted by molar-refractivity contribution is 5.91. The molecule has 2 aromatic rings. The van der Waals surface area contributed by atoms with Gasteiger partial charge in [-0.3, -0.25) is 0 Å². The molecule has 0 aliphatic carbocycles. The van der Waals surface area contributed by atoms with Crippen LogP contribution in [0.25, 0.3) is 10.8 Å². The predicted molar refractivity (Wildman–Crippen MR) is 85.5 cm³/mol. The number of aliphatic hydroxyl groups excluding tert-OH is 1. The van der Waals surface area contributed by atoms with Gasteiger partial charge in [-0.25, -0.2) is 0 Å². The van der Waals surface area contributed by atoms with E-state index >= 15 is 0 Å². The summed E-state index contributed by atoms with van der Waals surface area (Å²) in [6.07, 6.45) is -0.559. The highest BCUT2D eigenvalue weighted by atomic mass is 35.5. The van der Waals surface area contributed by atoms with Crippen molar-refractivity contribution in [1.29, 1.82) is 0 Å². The molecule has 0 saturated heterocycles. The molecule has 0 aromatic heterocycles. The molecule has 3 nitrogen and oxygen atoms in total. The Morgan fingerprint density at radius 1 is 1.05 bits per heavy atom. The number of hydrogen-bond donors (Lipinski definition) is 2. The molecule has 0 amide bonds. The van der Waals surface area contributed by atoms with E-state index in [0.717, 1.165) is 22.1 Å². The largest absolute Gasteiger partial charge is 0.496 e. The molecule has 0 bridgehead atoms. The van der Waals surface area contributed by atoms with Gasteiger partial charge in [-0.1, -0.05) is 44.2 Å². The summed E-state index contributed by atoms with van der Waals surface area (Å²) in [4.78, 5) is 0. The third-order valence-electron chi connectivity index (χ3n) is 3.55. The molecule has 0 aliphatic rings. The van der Waals surface area contributed by atoms with Crippen LogP contribution in [0.5, 0.6) is 5.75 Å². The lowest BCUT2D eigenvalue weighted by atomic mass is 9.91. The third-order valence-corrected chi connectivity index (χ3v) is 3.55. The standard InChI is InChI=1S/C16H21NO2.ClH/c1-10(2)16(18)15(17)13-8-9-14(19-3)12-7-5-4-6-11(12)13;/h4-10,15-16,18H,17H2,1-3H3;1H/t15-,16+;/m0./s1. The van der Waals surface area contributed by atoms with Gasteiger partial charge in [-0.2, -0.15) is 0 Å². The topological polar surface area (TPSA) is 55.5 Å². The van der Waals surface area contributed by atoms with E-state index in [-0.39, 0.29) is 18.3 Å². The Hall–Kier alpha value is -1.29. The van der Waals surface area contributed by atoms with Crippen LogP contribution < -0.4 is 10.5 Å². The van der Waals surface area contributed by atoms with E-state index < -0.39 is 12.1 Å². The Morgan fingerprint density at radius 3 is 2.20 bits per heavy atom. The van der Waals surface area contributed by atoms with E-state index in [4.69, 9.17) is 10.5 Å². The van der Waals surface area contributed by atoms with Gasteiger partial charge in [0.05, 0.1) is 19.3 Å². The maximum atomic E-state index is 10.2. The van der Waals surface area contributed by atoms with Crippen LogP contribution in [0, 0.1) is 5.92 Å². The normalized spacial score (nSPS) is 13.9. The van der Waals surface area contributed by atoms with E-state index in [9.17, 15) is 5.11 Å². The van der Waals surface area contributed by atoms with Gasteiger partial charge in [0.15, 0.2) is 0 Å². The smallest absolute Gasteiger partial charge is 0.126 e. The van der Waals surface area contributed by atoms with Crippen molar-refractivity contribution in [3.8, 4) is 5.75 Å². The molecule has 0 radical (unpaired) electrons. The zero-order valence-electron chi connectivity index (χ0n) is 12.0. The Bertz CT molecular complexity index is 571. The van der Waals surface area contributed by atoms with Crippen LogP contribution in [0.3, 0.4) is 0 Å². The molecular formula is C16H22ClNO2. The minimum atomic E-state index is -0.559. The summed E-state index contributed by atoms with van der Waals surface area (Å²) in [5.74, 6) is 0.946. The van der Waals surface area contributed by atoms with Crippen LogP contribution in [0.1, 0.15) is 25.5 Å². The fraction of sp³-hybridized carbons (Fsp3) is 0.375. The summed E-state index contributed by atoms with van der Waals surface area (Å²) >= 11 is 0. The fourth-order valence-corrected chi connectivity index (χ4v) is 2.36. The van der Waals surface area contributed by atoms with Gasteiger partial charge in [0.2, 0.25) is 0 Å². The molecule has 0 heterocycles. The molecule has 2 rings (SSSR count). The van der Waals surface area contributed by atoms with Gasteiger partial charge >= 0.3 is 0 Å². The van der Waals surface area contributed by atoms with E-state index in [1.807, 2.05) is 50.2 Å². The summed E-state index contributed by atoms with van der Waals surface area (Å²) in [5, 5.41) is 12.2. The van der Waals surface area contributed by atoms with Crippen LogP contribution in [-0.2, 0) is 0 Å². The molecule has 0 fully saturated rings. The van der Waals surface area contributed by atoms with Gasteiger partial charge in [0.25, 0.3) is 0 Å². The average molecular weight is 296 g/mol. The Kier molecular flexibility index (Phi) is 5.81. The number of methoxy groups -OCH3 is 1. The molecule has 2 atom stereocenters. The second-order valence-electron chi connectivity index (χ2n) is 5.16. The van der Waals surface area contributed by atoms with Crippen molar-refractivity contribution in [1.82, 2.24) is 0 Å². The van der Waals surface area contributed by atoms with Crippen LogP contribution >= 0.6 is 12.4 Å². The van der Waals surface area contributed by atoms with E-state index in [1.165, 1.54) is 0 Å². The highest BCUT2D eigenvalue weighted by Crippen LogP contribution is 2.32. The second kappa shape index (κ2) is 6.93. The molecular weight excluding hydrogens is 274 g/mol. The molecule has 20 heavy (non-hydrogen) atoms. The lowest BCUT2D eigenvalue weighted by Crippen LogP contribution is -2.30. The number of hydrogen-bond acceptors (Lipinski definition) is 3. The number of nitrogens with two attached hydrogens (primary N) is 1. The second-order valence-corrected chi connectivity index (χ2v) is 5.16. The van der Waals surface area contributed by atoms with Crippen molar-refractivity contribution in [2.75, 3.05) is 7.11 Å². The first-order valence-electron chi connectivity index (χ1n) is 6.55. The molecule has 2 aromatic carbocycles. The highest BCUT2D eigenvalue weighted by Gasteiger charge is 2.22. The first-order chi connectivity index (χ1) is 9.06. The first kappa shape index (κ1) is 16.8. The number of rotatable bonds is 4. The molecule has 0 spiro atoms. The third kappa shape index (κ3) is 3.06. The van der Waals surface area contributed by atoms with E-state index in [1.54, 1.807) is 7.11 Å². The SMILES string of the molecule is COc1ccc([C@H](N)[C@H](O)C(C)C)c2ccccc12.Cl. The van der Waals surface area contributed by atoms with Crippen LogP contribution in [0.2, 0.25) is 0 Å². The maximum Gasteiger partial charge on any atom is 0.126 e. The Morgan fingerprint density at radius 2 is 1.65 bits per heavy atom. The van der Waals surface area contributed by atoms with Gasteiger partial charge in [0.1, 0.15) is 5.75 Å². The van der Waals surface area contributed by atoms with Crippen molar-refractivity contribution >= 4 is 23.2 Å². The van der Waals surface area contributed by atoms with Crippen molar-refractivity contribution in [2.24, 2.45) is 11.7 Å². The number of halogens is 1. The van der Waals surface area contributed by atoms with Crippen molar-refractivity contribution in [3.05, 3.63) is 42.0 Å². The molecule has 0 aliphatic heterocycles. The zero-order chi connectivity index (χ0) is 14.0. The van der Waals surface area contributed by atoms with Crippen molar-refractivity contribution < 1.29 is 9.84 Å². The Balaban J connectivity index is 0.00000200. The molecule has 0 unspecified atom stereocenters. The fourth-order valence-electron chi connectivity index (χ4n) is 2.36. The summed E-state index contributed by atoms with van der Waals surface area (Å²) in [7, 11) is 1.66. The monoisotopic (exact) mass is 295 g/mol. The average Bonchev–Trinajstić information content (AvgIpc) is 2.44. The predicted octanol–water partition coefficient (Wildman–Crippen LogP) is 3.29. The van der Waals surface area contributed by atoms with E-state index in [2.05, 4.69) is 0 Å². The molecule has 3 N–H and O–H groups in total. The summed E-state index contributed by atoms with van der Waals surface area (Å²) in [5.41, 5.74) is 7.16. The number of benzene rings is 2. The minimum Gasteiger partial charge on any atom is -0.496 e. The quantitative estimate of drug-likeness (QED) is 0.910. The van der Waals surface area contributed by atoms with Gasteiger partial charge in [-0.15, -0.1) is 12.4 Å². The van der Waals surface area contributed by atoms with Crippen molar-refractivity contribution in [3.63, 3.8) is 0 Å². The van der Waals surface area contributed by atoms with Gasteiger partial charge < -0.3 is 15.6 Å². The van der Waals surface area contributed by atoms with Crippen LogP contribution in [0.4, 0.5) is 0 Å². The molecule has 4 heteroatoms. The molecule has 110 valence electrons.